The Morgan fingerprint density at radius 3 is 2.46 bits per heavy atom. The quantitative estimate of drug-likeness (QED) is 0.841. The lowest BCUT2D eigenvalue weighted by atomic mass is 9.96. The first-order valence-electron chi connectivity index (χ1n) is 8.53. The lowest BCUT2D eigenvalue weighted by molar-refractivity contribution is -0.126. The Kier molecular flexibility index (Phi) is 5.02. The highest BCUT2D eigenvalue weighted by Gasteiger charge is 2.38. The Morgan fingerprint density at radius 1 is 1.12 bits per heavy atom. The minimum atomic E-state index is -1.05. The molecule has 0 atom stereocenters. The van der Waals surface area contributed by atoms with Gasteiger partial charge in [0.05, 0.1) is 5.92 Å². The summed E-state index contributed by atoms with van der Waals surface area (Å²) in [6.07, 6.45) is 0. The molecule has 4 nitrogen and oxygen atoms in total. The van der Waals surface area contributed by atoms with Gasteiger partial charge in [-0.25, -0.2) is 8.78 Å². The van der Waals surface area contributed by atoms with Crippen LogP contribution in [0, 0.1) is 24.5 Å². The second-order valence-corrected chi connectivity index (χ2v) is 6.46. The second kappa shape index (κ2) is 7.23. The summed E-state index contributed by atoms with van der Waals surface area (Å²) >= 11 is 0. The SMILES string of the molecule is CCN(C(=O)C1CN(C(=O)c2ccc(F)c(F)c2)C1)c1cccc(C)c1. The molecule has 1 aliphatic heterocycles. The number of anilines is 1. The van der Waals surface area contributed by atoms with Gasteiger partial charge in [0, 0.05) is 30.9 Å². The van der Waals surface area contributed by atoms with Gasteiger partial charge in [-0.15, -0.1) is 0 Å². The number of rotatable bonds is 4. The van der Waals surface area contributed by atoms with Crippen molar-refractivity contribution in [2.45, 2.75) is 13.8 Å². The normalized spacial score (nSPS) is 14.1. The fourth-order valence-electron chi connectivity index (χ4n) is 3.09. The Morgan fingerprint density at radius 2 is 1.85 bits per heavy atom. The smallest absolute Gasteiger partial charge is 0.254 e. The number of likely N-dealkylation sites (tertiary alicyclic amines) is 1. The molecule has 0 N–H and O–H groups in total. The van der Waals surface area contributed by atoms with Gasteiger partial charge in [-0.2, -0.15) is 0 Å². The average molecular weight is 358 g/mol. The van der Waals surface area contributed by atoms with E-state index in [0.717, 1.165) is 23.4 Å². The number of hydrogen-bond acceptors (Lipinski definition) is 2. The molecule has 2 amide bonds. The minimum absolute atomic E-state index is 0.0348. The molecular formula is C20H20F2N2O2. The van der Waals surface area contributed by atoms with Crippen molar-refractivity contribution in [2.24, 2.45) is 5.92 Å². The molecule has 1 aliphatic rings. The number of nitrogens with zero attached hydrogens (tertiary/aromatic N) is 2. The van der Waals surface area contributed by atoms with E-state index in [2.05, 4.69) is 0 Å². The van der Waals surface area contributed by atoms with Crippen LogP contribution in [0.2, 0.25) is 0 Å². The molecule has 26 heavy (non-hydrogen) atoms. The summed E-state index contributed by atoms with van der Waals surface area (Å²) < 4.78 is 26.3. The molecular weight excluding hydrogens is 338 g/mol. The number of benzene rings is 2. The van der Waals surface area contributed by atoms with Gasteiger partial charge < -0.3 is 9.80 Å². The van der Waals surface area contributed by atoms with Crippen molar-refractivity contribution < 1.29 is 18.4 Å². The van der Waals surface area contributed by atoms with Crippen molar-refractivity contribution in [1.82, 2.24) is 4.90 Å². The van der Waals surface area contributed by atoms with Crippen LogP contribution in [0.4, 0.5) is 14.5 Å². The van der Waals surface area contributed by atoms with Crippen LogP contribution in [-0.2, 0) is 4.79 Å². The third-order valence-electron chi connectivity index (χ3n) is 4.58. The van der Waals surface area contributed by atoms with Crippen LogP contribution in [0.3, 0.4) is 0 Å². The number of amides is 2. The highest BCUT2D eigenvalue weighted by molar-refractivity contribution is 5.99. The van der Waals surface area contributed by atoms with Crippen molar-refractivity contribution in [3.05, 3.63) is 65.2 Å². The van der Waals surface area contributed by atoms with E-state index in [0.29, 0.717) is 6.54 Å². The van der Waals surface area contributed by atoms with Crippen molar-refractivity contribution in [1.29, 1.82) is 0 Å². The van der Waals surface area contributed by atoms with Crippen LogP contribution in [0.25, 0.3) is 0 Å². The van der Waals surface area contributed by atoms with Crippen LogP contribution >= 0.6 is 0 Å². The van der Waals surface area contributed by atoms with Crippen molar-refractivity contribution in [2.75, 3.05) is 24.5 Å². The molecule has 3 rings (SSSR count). The molecule has 0 bridgehead atoms. The zero-order valence-electron chi connectivity index (χ0n) is 14.7. The fourth-order valence-corrected chi connectivity index (χ4v) is 3.09. The third kappa shape index (κ3) is 3.45. The van der Waals surface area contributed by atoms with Crippen molar-refractivity contribution in [3.63, 3.8) is 0 Å². The molecule has 0 aromatic heterocycles. The van der Waals surface area contributed by atoms with Crippen LogP contribution in [0.5, 0.6) is 0 Å². The Bertz CT molecular complexity index is 847. The van der Waals surface area contributed by atoms with E-state index >= 15 is 0 Å². The monoisotopic (exact) mass is 358 g/mol. The average Bonchev–Trinajstić information content (AvgIpc) is 2.56. The summed E-state index contributed by atoms with van der Waals surface area (Å²) in [5, 5.41) is 0. The third-order valence-corrected chi connectivity index (χ3v) is 4.58. The standard InChI is InChI=1S/C20H20F2N2O2/c1-3-24(16-6-4-5-13(2)9-16)20(26)15-11-23(12-15)19(25)14-7-8-17(21)18(22)10-14/h4-10,15H,3,11-12H2,1-2H3. The molecule has 136 valence electrons. The van der Waals surface area contributed by atoms with Gasteiger partial charge in [0.1, 0.15) is 0 Å². The van der Waals surface area contributed by atoms with Gasteiger partial charge >= 0.3 is 0 Å². The summed E-state index contributed by atoms with van der Waals surface area (Å²) in [6, 6.07) is 10.8. The highest BCUT2D eigenvalue weighted by Crippen LogP contribution is 2.25. The zero-order valence-corrected chi connectivity index (χ0v) is 14.7. The van der Waals surface area contributed by atoms with Crippen LogP contribution in [-0.4, -0.2) is 36.3 Å². The van der Waals surface area contributed by atoms with E-state index in [9.17, 15) is 18.4 Å². The summed E-state index contributed by atoms with van der Waals surface area (Å²) in [5.74, 6) is -2.76. The van der Waals surface area contributed by atoms with Gasteiger partial charge in [-0.3, -0.25) is 9.59 Å². The van der Waals surface area contributed by atoms with E-state index in [1.165, 1.54) is 11.0 Å². The molecule has 0 spiro atoms. The maximum absolute atomic E-state index is 13.3. The molecule has 0 aliphatic carbocycles. The first-order valence-corrected chi connectivity index (χ1v) is 8.53. The molecule has 1 fully saturated rings. The van der Waals surface area contributed by atoms with Crippen molar-refractivity contribution in [3.8, 4) is 0 Å². The van der Waals surface area contributed by atoms with E-state index in [1.807, 2.05) is 38.1 Å². The largest absolute Gasteiger partial charge is 0.337 e. The number of carbonyl (C=O) groups excluding carboxylic acids is 2. The first-order chi connectivity index (χ1) is 12.4. The highest BCUT2D eigenvalue weighted by atomic mass is 19.2. The number of carbonyl (C=O) groups is 2. The number of hydrogen-bond donors (Lipinski definition) is 0. The molecule has 2 aromatic carbocycles. The zero-order chi connectivity index (χ0) is 18.8. The molecule has 2 aromatic rings. The lowest BCUT2D eigenvalue weighted by Gasteiger charge is -2.40. The minimum Gasteiger partial charge on any atom is -0.337 e. The van der Waals surface area contributed by atoms with E-state index in [1.54, 1.807) is 4.90 Å². The predicted octanol–water partition coefficient (Wildman–Crippen LogP) is 3.40. The lowest BCUT2D eigenvalue weighted by Crippen LogP contribution is -2.56. The van der Waals surface area contributed by atoms with Crippen LogP contribution in [0.15, 0.2) is 42.5 Å². The number of aryl methyl sites for hydroxylation is 1. The van der Waals surface area contributed by atoms with Crippen LogP contribution in [0.1, 0.15) is 22.8 Å². The molecule has 0 radical (unpaired) electrons. The van der Waals surface area contributed by atoms with E-state index in [4.69, 9.17) is 0 Å². The van der Waals surface area contributed by atoms with Gasteiger partial charge in [0.2, 0.25) is 5.91 Å². The Balaban J connectivity index is 1.65. The van der Waals surface area contributed by atoms with E-state index < -0.39 is 17.5 Å². The van der Waals surface area contributed by atoms with Gasteiger partial charge in [0.15, 0.2) is 11.6 Å². The second-order valence-electron chi connectivity index (χ2n) is 6.46. The van der Waals surface area contributed by atoms with Gasteiger partial charge in [0.25, 0.3) is 5.91 Å². The van der Waals surface area contributed by atoms with Crippen molar-refractivity contribution >= 4 is 17.5 Å². The molecule has 0 unspecified atom stereocenters. The van der Waals surface area contributed by atoms with E-state index in [-0.39, 0.29) is 30.5 Å². The van der Waals surface area contributed by atoms with Crippen LogP contribution < -0.4 is 4.90 Å². The summed E-state index contributed by atoms with van der Waals surface area (Å²) in [6.45, 7) is 4.96. The molecule has 0 saturated carbocycles. The Hall–Kier alpha value is -2.76. The summed E-state index contributed by atoms with van der Waals surface area (Å²) in [4.78, 5) is 28.3. The Labute approximate surface area is 151 Å². The first kappa shape index (κ1) is 18.0. The fraction of sp³-hybridized carbons (Fsp3) is 0.300. The number of halogens is 2. The maximum Gasteiger partial charge on any atom is 0.254 e. The van der Waals surface area contributed by atoms with Gasteiger partial charge in [-0.05, 0) is 49.7 Å². The maximum atomic E-state index is 13.3. The molecule has 1 heterocycles. The summed E-state index contributed by atoms with van der Waals surface area (Å²) in [5.41, 5.74) is 1.99. The summed E-state index contributed by atoms with van der Waals surface area (Å²) in [7, 11) is 0. The molecule has 6 heteroatoms. The van der Waals surface area contributed by atoms with Gasteiger partial charge in [-0.1, -0.05) is 12.1 Å². The predicted molar refractivity (Wildman–Crippen MR) is 95.0 cm³/mol. The molecule has 1 saturated heterocycles. The topological polar surface area (TPSA) is 40.6 Å².